The molecular weight excluding hydrogens is 402 g/mol. The van der Waals surface area contributed by atoms with Crippen LogP contribution in [0, 0.1) is 6.92 Å². The molecule has 1 fully saturated rings. The third-order valence-corrected chi connectivity index (χ3v) is 7.38. The summed E-state index contributed by atoms with van der Waals surface area (Å²) in [6, 6.07) is 8.24. The maximum Gasteiger partial charge on any atom is 0.265 e. The molecule has 8 heteroatoms. The third kappa shape index (κ3) is 3.41. The Morgan fingerprint density at radius 1 is 1.21 bits per heavy atom. The van der Waals surface area contributed by atoms with Crippen molar-refractivity contribution in [3.63, 3.8) is 0 Å². The van der Waals surface area contributed by atoms with Crippen LogP contribution >= 0.6 is 22.7 Å². The number of benzene rings is 1. The van der Waals surface area contributed by atoms with Crippen LogP contribution in [0.3, 0.4) is 0 Å². The van der Waals surface area contributed by atoms with Gasteiger partial charge in [-0.2, -0.15) is 0 Å². The lowest BCUT2D eigenvalue weighted by atomic mass is 10.1. The average Bonchev–Trinajstić information content (AvgIpc) is 3.42. The molecule has 4 aromatic rings. The van der Waals surface area contributed by atoms with Crippen LogP contribution in [0.15, 0.2) is 35.8 Å². The van der Waals surface area contributed by atoms with Crippen LogP contribution in [0.5, 0.6) is 0 Å². The van der Waals surface area contributed by atoms with E-state index < -0.39 is 0 Å². The molecule has 150 valence electrons. The Labute approximate surface area is 177 Å². The van der Waals surface area contributed by atoms with Gasteiger partial charge in [0.15, 0.2) is 4.96 Å². The van der Waals surface area contributed by atoms with Gasteiger partial charge in [-0.15, -0.1) is 22.7 Å². The quantitative estimate of drug-likeness (QED) is 0.529. The van der Waals surface area contributed by atoms with E-state index in [1.165, 1.54) is 17.0 Å². The molecule has 0 atom stereocenters. The molecular formula is C21H23N5OS2. The van der Waals surface area contributed by atoms with Crippen molar-refractivity contribution in [2.45, 2.75) is 13.8 Å². The number of anilines is 2. The Kier molecular flexibility index (Phi) is 4.77. The predicted octanol–water partition coefficient (Wildman–Crippen LogP) is 4.31. The number of aryl methyl sites for hydroxylation is 1. The average molecular weight is 426 g/mol. The van der Waals surface area contributed by atoms with Crippen LogP contribution in [0.4, 0.5) is 11.4 Å². The molecule has 3 aromatic heterocycles. The Morgan fingerprint density at radius 3 is 2.79 bits per heavy atom. The summed E-state index contributed by atoms with van der Waals surface area (Å²) in [4.78, 5) is 24.8. The molecule has 0 spiro atoms. The van der Waals surface area contributed by atoms with E-state index in [2.05, 4.69) is 46.1 Å². The van der Waals surface area contributed by atoms with E-state index in [4.69, 9.17) is 0 Å². The normalized spacial score (nSPS) is 15.4. The largest absolute Gasteiger partial charge is 0.369 e. The lowest BCUT2D eigenvalue weighted by Crippen LogP contribution is -2.46. The molecule has 6 nitrogen and oxygen atoms in total. The minimum absolute atomic E-state index is 0.0793. The molecule has 1 aliphatic rings. The highest BCUT2D eigenvalue weighted by molar-refractivity contribution is 7.21. The van der Waals surface area contributed by atoms with Crippen molar-refractivity contribution in [2.24, 2.45) is 0 Å². The summed E-state index contributed by atoms with van der Waals surface area (Å²) in [6.07, 6.45) is 1.99. The van der Waals surface area contributed by atoms with Gasteiger partial charge in [0.2, 0.25) is 0 Å². The number of hydrogen-bond acceptors (Lipinski definition) is 6. The van der Waals surface area contributed by atoms with E-state index in [0.717, 1.165) is 59.3 Å². The van der Waals surface area contributed by atoms with Crippen molar-refractivity contribution in [1.29, 1.82) is 0 Å². The Morgan fingerprint density at radius 2 is 2.03 bits per heavy atom. The topological polar surface area (TPSA) is 52.9 Å². The number of fused-ring (bicyclic) bond motifs is 3. The summed E-state index contributed by atoms with van der Waals surface area (Å²) < 4.78 is 2.03. The summed E-state index contributed by atoms with van der Waals surface area (Å²) in [5, 5.41) is 5.08. The van der Waals surface area contributed by atoms with E-state index >= 15 is 0 Å². The van der Waals surface area contributed by atoms with Crippen LogP contribution in [0.2, 0.25) is 0 Å². The SMILES string of the molecule is CCN1CCN(c2ccc(NC(=O)c3cc4c(nc5sccn54)s3)c(C)c2)CC1. The molecule has 4 heterocycles. The molecule has 0 saturated carbocycles. The standard InChI is InChI=1S/C21H23N5OS2/c1-3-24-6-8-25(9-7-24)15-4-5-16(14(2)12-15)22-19(27)18-13-17-20(29-18)23-21-26(17)10-11-28-21/h4-5,10-13H,3,6-9H2,1-2H3,(H,22,27). The second-order valence-electron chi connectivity index (χ2n) is 7.34. The highest BCUT2D eigenvalue weighted by atomic mass is 32.1. The fourth-order valence-electron chi connectivity index (χ4n) is 3.85. The molecule has 1 saturated heterocycles. The molecule has 29 heavy (non-hydrogen) atoms. The maximum atomic E-state index is 12.8. The summed E-state index contributed by atoms with van der Waals surface area (Å²) in [6.45, 7) is 9.68. The zero-order valence-electron chi connectivity index (χ0n) is 16.5. The van der Waals surface area contributed by atoms with Gasteiger partial charge < -0.3 is 15.1 Å². The zero-order chi connectivity index (χ0) is 20.0. The fraction of sp³-hybridized carbons (Fsp3) is 0.333. The van der Waals surface area contributed by atoms with Crippen LogP contribution in [0.1, 0.15) is 22.2 Å². The lowest BCUT2D eigenvalue weighted by Gasteiger charge is -2.35. The monoisotopic (exact) mass is 425 g/mol. The van der Waals surface area contributed by atoms with Gasteiger partial charge in [-0.05, 0) is 43.3 Å². The number of aromatic nitrogens is 2. The number of piperazine rings is 1. The molecule has 1 aromatic carbocycles. The van der Waals surface area contributed by atoms with Crippen LogP contribution in [-0.4, -0.2) is 52.9 Å². The smallest absolute Gasteiger partial charge is 0.265 e. The summed E-state index contributed by atoms with van der Waals surface area (Å²) in [5.41, 5.74) is 4.17. The van der Waals surface area contributed by atoms with E-state index in [1.54, 1.807) is 11.3 Å². The molecule has 0 radical (unpaired) electrons. The van der Waals surface area contributed by atoms with Gasteiger partial charge in [0.05, 0.1) is 10.4 Å². The van der Waals surface area contributed by atoms with E-state index in [-0.39, 0.29) is 5.91 Å². The fourth-order valence-corrected chi connectivity index (χ4v) is 5.55. The molecule has 1 N–H and O–H groups in total. The summed E-state index contributed by atoms with van der Waals surface area (Å²) >= 11 is 3.04. The number of carbonyl (C=O) groups excluding carboxylic acids is 1. The van der Waals surface area contributed by atoms with Gasteiger partial charge in [-0.1, -0.05) is 6.92 Å². The van der Waals surface area contributed by atoms with Crippen molar-refractivity contribution >= 4 is 55.3 Å². The van der Waals surface area contributed by atoms with Gasteiger partial charge in [0.1, 0.15) is 4.83 Å². The van der Waals surface area contributed by atoms with Gasteiger partial charge in [0.25, 0.3) is 5.91 Å². The van der Waals surface area contributed by atoms with Crippen molar-refractivity contribution in [2.75, 3.05) is 42.9 Å². The van der Waals surface area contributed by atoms with Gasteiger partial charge in [0, 0.05) is 49.1 Å². The van der Waals surface area contributed by atoms with Gasteiger partial charge in [-0.3, -0.25) is 9.20 Å². The van der Waals surface area contributed by atoms with Gasteiger partial charge in [-0.25, -0.2) is 4.98 Å². The number of carbonyl (C=O) groups is 1. The number of imidazole rings is 1. The van der Waals surface area contributed by atoms with Crippen molar-refractivity contribution < 1.29 is 4.79 Å². The van der Waals surface area contributed by atoms with Crippen molar-refractivity contribution in [3.8, 4) is 0 Å². The maximum absolute atomic E-state index is 12.8. The number of nitrogens with zero attached hydrogens (tertiary/aromatic N) is 4. The highest BCUT2D eigenvalue weighted by Crippen LogP contribution is 2.30. The van der Waals surface area contributed by atoms with Crippen molar-refractivity contribution in [3.05, 3.63) is 46.3 Å². The van der Waals surface area contributed by atoms with Crippen LogP contribution in [0.25, 0.3) is 15.3 Å². The third-order valence-electron chi connectivity index (χ3n) is 5.61. The number of thiazole rings is 1. The minimum Gasteiger partial charge on any atom is -0.369 e. The Bertz CT molecular complexity index is 1180. The van der Waals surface area contributed by atoms with E-state index in [9.17, 15) is 4.79 Å². The molecule has 0 aliphatic carbocycles. The first-order valence-corrected chi connectivity index (χ1v) is 11.6. The molecule has 0 unspecified atom stereocenters. The molecule has 1 aliphatic heterocycles. The minimum atomic E-state index is -0.0793. The zero-order valence-corrected chi connectivity index (χ0v) is 18.1. The molecule has 1 amide bonds. The Hall–Kier alpha value is -2.42. The molecule has 5 rings (SSSR count). The lowest BCUT2D eigenvalue weighted by molar-refractivity contribution is 0.103. The van der Waals surface area contributed by atoms with E-state index in [1.807, 2.05) is 28.1 Å². The van der Waals surface area contributed by atoms with E-state index in [0.29, 0.717) is 4.88 Å². The van der Waals surface area contributed by atoms with Gasteiger partial charge >= 0.3 is 0 Å². The number of hydrogen-bond donors (Lipinski definition) is 1. The Balaban J connectivity index is 1.32. The predicted molar refractivity (Wildman–Crippen MR) is 122 cm³/mol. The number of rotatable bonds is 4. The van der Waals surface area contributed by atoms with Crippen LogP contribution in [-0.2, 0) is 0 Å². The first-order valence-electron chi connectivity index (χ1n) is 9.87. The first-order chi connectivity index (χ1) is 14.1. The number of nitrogens with one attached hydrogen (secondary N) is 1. The highest BCUT2D eigenvalue weighted by Gasteiger charge is 2.18. The van der Waals surface area contributed by atoms with Crippen molar-refractivity contribution in [1.82, 2.24) is 14.3 Å². The second-order valence-corrected chi connectivity index (χ2v) is 9.25. The second kappa shape index (κ2) is 7.44. The van der Waals surface area contributed by atoms with Crippen LogP contribution < -0.4 is 10.2 Å². The number of thiophene rings is 1. The number of amides is 1. The molecule has 0 bridgehead atoms. The summed E-state index contributed by atoms with van der Waals surface area (Å²) in [5.74, 6) is -0.0793. The summed E-state index contributed by atoms with van der Waals surface area (Å²) in [7, 11) is 0. The first kappa shape index (κ1) is 18.6. The number of likely N-dealkylation sites (N-methyl/N-ethyl adjacent to an activating group) is 1.